The lowest BCUT2D eigenvalue weighted by Crippen LogP contribution is -2.50. The number of carbonyl (C=O) groups excluding carboxylic acids is 1. The second kappa shape index (κ2) is 7.14. The second-order valence-electron chi connectivity index (χ2n) is 4.48. The van der Waals surface area contributed by atoms with Crippen molar-refractivity contribution < 1.29 is 14.7 Å². The Hall–Kier alpha value is -1.26. The van der Waals surface area contributed by atoms with Gasteiger partial charge in [0.1, 0.15) is 6.54 Å². The van der Waals surface area contributed by atoms with Gasteiger partial charge in [-0.25, -0.2) is 4.79 Å². The zero-order valence-corrected chi connectivity index (χ0v) is 11.4. The summed E-state index contributed by atoms with van der Waals surface area (Å²) in [5.74, 6) is -0.981. The van der Waals surface area contributed by atoms with Gasteiger partial charge in [0.05, 0.1) is 0 Å². The van der Waals surface area contributed by atoms with Crippen molar-refractivity contribution in [2.75, 3.05) is 13.6 Å². The molecule has 0 aliphatic heterocycles. The van der Waals surface area contributed by atoms with E-state index in [1.54, 1.807) is 11.9 Å². The minimum atomic E-state index is -0.981. The fraction of sp³-hybridized carbons (Fsp3) is 0.833. The van der Waals surface area contributed by atoms with Gasteiger partial charge in [0.2, 0.25) is 0 Å². The lowest BCUT2D eigenvalue weighted by molar-refractivity contribution is -0.138. The number of hydrogen-bond donors (Lipinski definition) is 1. The summed E-state index contributed by atoms with van der Waals surface area (Å²) in [7, 11) is 1.73. The largest absolute Gasteiger partial charge is 0.480 e. The molecule has 0 aromatic carbocycles. The molecule has 2 amide bonds. The number of carboxylic acid groups (broad SMARTS) is 1. The van der Waals surface area contributed by atoms with Crippen molar-refractivity contribution in [3.05, 3.63) is 0 Å². The van der Waals surface area contributed by atoms with Gasteiger partial charge in [-0.1, -0.05) is 13.8 Å². The first-order chi connectivity index (χ1) is 7.84. The summed E-state index contributed by atoms with van der Waals surface area (Å²) in [5.41, 5.74) is 0. The van der Waals surface area contributed by atoms with Gasteiger partial charge in [-0.2, -0.15) is 0 Å². The molecule has 0 radical (unpaired) electrons. The van der Waals surface area contributed by atoms with E-state index in [9.17, 15) is 9.59 Å². The predicted molar refractivity (Wildman–Crippen MR) is 67.0 cm³/mol. The Morgan fingerprint density at radius 3 is 1.94 bits per heavy atom. The molecule has 100 valence electrons. The Bertz CT molecular complexity index is 262. The van der Waals surface area contributed by atoms with Crippen molar-refractivity contribution in [3.8, 4) is 0 Å². The van der Waals surface area contributed by atoms with E-state index in [1.807, 2.05) is 27.7 Å². The highest BCUT2D eigenvalue weighted by Gasteiger charge is 2.25. The number of carbonyl (C=O) groups is 2. The maximum Gasteiger partial charge on any atom is 0.323 e. The quantitative estimate of drug-likeness (QED) is 0.777. The molecule has 0 fully saturated rings. The fourth-order valence-electron chi connectivity index (χ4n) is 1.81. The van der Waals surface area contributed by atoms with Crippen LogP contribution in [0.5, 0.6) is 0 Å². The first-order valence-electron chi connectivity index (χ1n) is 6.10. The highest BCUT2D eigenvalue weighted by Crippen LogP contribution is 2.11. The topological polar surface area (TPSA) is 60.9 Å². The SMILES string of the molecule is CCC(CC)N(C)C(=O)N(CC(=O)O)C(C)C. The minimum Gasteiger partial charge on any atom is -0.480 e. The smallest absolute Gasteiger partial charge is 0.323 e. The van der Waals surface area contributed by atoms with Crippen LogP contribution in [0, 0.1) is 0 Å². The molecule has 0 rings (SSSR count). The molecule has 0 heterocycles. The molecule has 0 bridgehead atoms. The average Bonchev–Trinajstić information content (AvgIpc) is 2.25. The summed E-state index contributed by atoms with van der Waals surface area (Å²) in [5, 5.41) is 8.80. The van der Waals surface area contributed by atoms with Gasteiger partial charge in [0, 0.05) is 19.1 Å². The van der Waals surface area contributed by atoms with E-state index in [0.717, 1.165) is 12.8 Å². The maximum atomic E-state index is 12.2. The molecule has 0 saturated heterocycles. The molecular formula is C12H24N2O3. The Morgan fingerprint density at radius 1 is 1.18 bits per heavy atom. The van der Waals surface area contributed by atoms with E-state index >= 15 is 0 Å². The molecule has 0 atom stereocenters. The zero-order valence-electron chi connectivity index (χ0n) is 11.4. The molecule has 0 aliphatic carbocycles. The summed E-state index contributed by atoms with van der Waals surface area (Å²) in [4.78, 5) is 25.9. The van der Waals surface area contributed by atoms with Crippen LogP contribution in [-0.2, 0) is 4.79 Å². The highest BCUT2D eigenvalue weighted by molar-refractivity contribution is 5.80. The van der Waals surface area contributed by atoms with Crippen molar-refractivity contribution >= 4 is 12.0 Å². The van der Waals surface area contributed by atoms with Crippen LogP contribution in [0.3, 0.4) is 0 Å². The fourth-order valence-corrected chi connectivity index (χ4v) is 1.81. The van der Waals surface area contributed by atoms with Crippen LogP contribution in [0.25, 0.3) is 0 Å². The van der Waals surface area contributed by atoms with Crippen LogP contribution in [-0.4, -0.2) is 52.6 Å². The van der Waals surface area contributed by atoms with Gasteiger partial charge >= 0.3 is 12.0 Å². The van der Waals surface area contributed by atoms with Gasteiger partial charge in [-0.15, -0.1) is 0 Å². The first kappa shape index (κ1) is 15.7. The lowest BCUT2D eigenvalue weighted by Gasteiger charge is -2.34. The first-order valence-corrected chi connectivity index (χ1v) is 6.10. The van der Waals surface area contributed by atoms with E-state index < -0.39 is 5.97 Å². The third-order valence-corrected chi connectivity index (χ3v) is 2.97. The van der Waals surface area contributed by atoms with Gasteiger partial charge in [0.15, 0.2) is 0 Å². The van der Waals surface area contributed by atoms with Crippen LogP contribution < -0.4 is 0 Å². The maximum absolute atomic E-state index is 12.2. The Labute approximate surface area is 103 Å². The molecule has 0 saturated carbocycles. The van der Waals surface area contributed by atoms with Crippen LogP contribution in [0.15, 0.2) is 0 Å². The molecule has 17 heavy (non-hydrogen) atoms. The molecule has 0 aromatic rings. The van der Waals surface area contributed by atoms with Crippen molar-refractivity contribution in [1.29, 1.82) is 0 Å². The molecular weight excluding hydrogens is 220 g/mol. The Kier molecular flexibility index (Phi) is 6.61. The summed E-state index contributed by atoms with van der Waals surface area (Å²) in [6.45, 7) is 7.44. The summed E-state index contributed by atoms with van der Waals surface area (Å²) in [6.07, 6.45) is 1.75. The van der Waals surface area contributed by atoms with Gasteiger partial charge in [0.25, 0.3) is 0 Å². The number of amides is 2. The number of aliphatic carboxylic acids is 1. The van der Waals surface area contributed by atoms with Crippen molar-refractivity contribution in [2.45, 2.75) is 52.6 Å². The van der Waals surface area contributed by atoms with E-state index in [0.29, 0.717) is 0 Å². The second-order valence-corrected chi connectivity index (χ2v) is 4.48. The van der Waals surface area contributed by atoms with Gasteiger partial charge in [-0.05, 0) is 26.7 Å². The van der Waals surface area contributed by atoms with E-state index in [1.165, 1.54) is 4.90 Å². The van der Waals surface area contributed by atoms with E-state index in [4.69, 9.17) is 5.11 Å². The molecule has 0 spiro atoms. The number of carboxylic acids is 1. The Morgan fingerprint density at radius 2 is 1.65 bits per heavy atom. The zero-order chi connectivity index (χ0) is 13.6. The molecule has 0 unspecified atom stereocenters. The molecule has 1 N–H and O–H groups in total. The van der Waals surface area contributed by atoms with Crippen LogP contribution in [0.4, 0.5) is 4.79 Å². The summed E-state index contributed by atoms with van der Waals surface area (Å²) in [6, 6.07) is -0.163. The highest BCUT2D eigenvalue weighted by atomic mass is 16.4. The van der Waals surface area contributed by atoms with Crippen molar-refractivity contribution in [2.24, 2.45) is 0 Å². The predicted octanol–water partition coefficient (Wildman–Crippen LogP) is 2.02. The van der Waals surface area contributed by atoms with E-state index in [2.05, 4.69) is 0 Å². The molecule has 0 aromatic heterocycles. The van der Waals surface area contributed by atoms with Crippen LogP contribution in [0.2, 0.25) is 0 Å². The monoisotopic (exact) mass is 244 g/mol. The van der Waals surface area contributed by atoms with Gasteiger partial charge in [-0.3, -0.25) is 4.79 Å². The van der Waals surface area contributed by atoms with Crippen LogP contribution >= 0.6 is 0 Å². The number of hydrogen-bond acceptors (Lipinski definition) is 2. The molecule has 5 nitrogen and oxygen atoms in total. The van der Waals surface area contributed by atoms with Crippen molar-refractivity contribution in [3.63, 3.8) is 0 Å². The summed E-state index contributed by atoms with van der Waals surface area (Å²) < 4.78 is 0. The number of nitrogens with zero attached hydrogens (tertiary/aromatic N) is 2. The van der Waals surface area contributed by atoms with Crippen molar-refractivity contribution in [1.82, 2.24) is 9.80 Å². The number of urea groups is 1. The summed E-state index contributed by atoms with van der Waals surface area (Å²) >= 11 is 0. The average molecular weight is 244 g/mol. The molecule has 5 heteroatoms. The molecule has 0 aliphatic rings. The third kappa shape index (κ3) is 4.63. The minimum absolute atomic E-state index is 0.115. The van der Waals surface area contributed by atoms with E-state index in [-0.39, 0.29) is 24.7 Å². The Balaban J connectivity index is 4.76. The lowest BCUT2D eigenvalue weighted by atomic mass is 10.1. The standard InChI is InChI=1S/C12H24N2O3/c1-6-10(7-2)13(5)12(17)14(9(3)4)8-11(15)16/h9-10H,6-8H2,1-5H3,(H,15,16). The van der Waals surface area contributed by atoms with Gasteiger partial charge < -0.3 is 14.9 Å². The third-order valence-electron chi connectivity index (χ3n) is 2.97. The number of rotatable bonds is 6. The normalized spacial score (nSPS) is 10.8. The van der Waals surface area contributed by atoms with Crippen LogP contribution in [0.1, 0.15) is 40.5 Å².